The summed E-state index contributed by atoms with van der Waals surface area (Å²) in [5.74, 6) is -1.12. The van der Waals surface area contributed by atoms with Crippen LogP contribution in [0.15, 0.2) is 0 Å². The lowest BCUT2D eigenvalue weighted by molar-refractivity contribution is -0.147. The van der Waals surface area contributed by atoms with Crippen LogP contribution in [0, 0.1) is 23.7 Å². The van der Waals surface area contributed by atoms with Crippen molar-refractivity contribution in [1.82, 2.24) is 9.80 Å². The van der Waals surface area contributed by atoms with Crippen LogP contribution >= 0.6 is 0 Å². The molecule has 6 nitrogen and oxygen atoms in total. The predicted octanol–water partition coefficient (Wildman–Crippen LogP) is 1.73. The van der Waals surface area contributed by atoms with Crippen LogP contribution in [0.5, 0.6) is 0 Å². The van der Waals surface area contributed by atoms with Gasteiger partial charge in [-0.25, -0.2) is 0 Å². The van der Waals surface area contributed by atoms with E-state index < -0.39 is 6.04 Å². The van der Waals surface area contributed by atoms with Gasteiger partial charge in [-0.3, -0.25) is 29.0 Å². The molecule has 2 saturated heterocycles. The van der Waals surface area contributed by atoms with Gasteiger partial charge in [-0.1, -0.05) is 25.7 Å². The number of carbonyl (C=O) groups excluding carboxylic acids is 4. The summed E-state index contributed by atoms with van der Waals surface area (Å²) in [6.07, 6.45) is 7.11. The van der Waals surface area contributed by atoms with E-state index in [2.05, 4.69) is 0 Å². The van der Waals surface area contributed by atoms with Gasteiger partial charge in [0.25, 0.3) is 0 Å². The Morgan fingerprint density at radius 2 is 1.08 bits per heavy atom. The van der Waals surface area contributed by atoms with Crippen LogP contribution in [0.1, 0.15) is 58.3 Å². The summed E-state index contributed by atoms with van der Waals surface area (Å²) >= 11 is 0. The van der Waals surface area contributed by atoms with Gasteiger partial charge in [0.2, 0.25) is 23.6 Å². The molecule has 25 heavy (non-hydrogen) atoms. The topological polar surface area (TPSA) is 74.8 Å². The van der Waals surface area contributed by atoms with Gasteiger partial charge >= 0.3 is 0 Å². The fourth-order valence-electron chi connectivity index (χ4n) is 5.38. The molecule has 5 unspecified atom stereocenters. The van der Waals surface area contributed by atoms with Crippen LogP contribution in [0.4, 0.5) is 0 Å². The first-order valence-corrected chi connectivity index (χ1v) is 9.73. The van der Waals surface area contributed by atoms with Crippen molar-refractivity contribution >= 4 is 23.6 Å². The monoisotopic (exact) mass is 346 g/mol. The Hall–Kier alpha value is -1.72. The fourth-order valence-corrected chi connectivity index (χ4v) is 5.38. The number of fused-ring (bicyclic) bond motifs is 2. The standard InChI is InChI=1S/C19H26N2O4/c1-11(21-18(24)14-8-4-5-9-15(14)19(21)25)10-20-16(22)12-6-2-3-7-13(12)17(20)23/h11-15H,2-10H2,1H3. The second kappa shape index (κ2) is 6.22. The van der Waals surface area contributed by atoms with E-state index in [1.807, 2.05) is 0 Å². The Kier molecular flexibility index (Phi) is 4.16. The zero-order chi connectivity index (χ0) is 17.7. The predicted molar refractivity (Wildman–Crippen MR) is 88.9 cm³/mol. The summed E-state index contributed by atoms with van der Waals surface area (Å²) in [6, 6.07) is -0.432. The van der Waals surface area contributed by atoms with Crippen molar-refractivity contribution in [3.63, 3.8) is 0 Å². The van der Waals surface area contributed by atoms with E-state index in [9.17, 15) is 19.2 Å². The van der Waals surface area contributed by atoms with Gasteiger partial charge in [-0.05, 0) is 32.6 Å². The number of carbonyl (C=O) groups is 4. The molecule has 0 aromatic heterocycles. The summed E-state index contributed by atoms with van der Waals surface area (Å²) in [5, 5.41) is 0. The average Bonchev–Trinajstić information content (AvgIpc) is 3.02. The molecule has 2 aliphatic heterocycles. The molecular formula is C19H26N2O4. The Balaban J connectivity index is 1.49. The molecular weight excluding hydrogens is 320 g/mol. The maximum Gasteiger partial charge on any atom is 0.233 e. The molecule has 0 spiro atoms. The third-order valence-electron chi connectivity index (χ3n) is 6.70. The van der Waals surface area contributed by atoms with Crippen LogP contribution in [0.3, 0.4) is 0 Å². The highest BCUT2D eigenvalue weighted by Gasteiger charge is 2.52. The molecule has 2 aliphatic carbocycles. The molecule has 136 valence electrons. The molecule has 0 N–H and O–H groups in total. The molecule has 2 heterocycles. The van der Waals surface area contributed by atoms with Gasteiger partial charge in [0.15, 0.2) is 0 Å². The van der Waals surface area contributed by atoms with E-state index in [1.54, 1.807) is 6.92 Å². The first-order chi connectivity index (χ1) is 12.0. The first-order valence-electron chi connectivity index (χ1n) is 9.73. The zero-order valence-corrected chi connectivity index (χ0v) is 14.8. The SMILES string of the molecule is CC(CN1C(=O)C2CCCCC2C1=O)N1C(=O)C2CCCCC2C1=O. The molecule has 4 amide bonds. The van der Waals surface area contributed by atoms with Gasteiger partial charge in [0.1, 0.15) is 0 Å². The third kappa shape index (κ3) is 2.52. The highest BCUT2D eigenvalue weighted by atomic mass is 16.2. The molecule has 6 heteroatoms. The Labute approximate surface area is 147 Å². The van der Waals surface area contributed by atoms with Crippen LogP contribution in [0.25, 0.3) is 0 Å². The lowest BCUT2D eigenvalue weighted by Gasteiger charge is -2.27. The molecule has 4 aliphatic rings. The maximum atomic E-state index is 12.7. The molecule has 0 aromatic carbocycles. The van der Waals surface area contributed by atoms with E-state index in [4.69, 9.17) is 0 Å². The van der Waals surface area contributed by atoms with Gasteiger partial charge < -0.3 is 0 Å². The van der Waals surface area contributed by atoms with Crippen LogP contribution < -0.4 is 0 Å². The Bertz CT molecular complexity index is 583. The second-order valence-corrected chi connectivity index (χ2v) is 8.18. The third-order valence-corrected chi connectivity index (χ3v) is 6.70. The van der Waals surface area contributed by atoms with Crippen molar-refractivity contribution in [1.29, 1.82) is 0 Å². The number of rotatable bonds is 3. The van der Waals surface area contributed by atoms with Crippen molar-refractivity contribution in [2.24, 2.45) is 23.7 Å². The molecule has 0 bridgehead atoms. The molecule has 4 fully saturated rings. The fraction of sp³-hybridized carbons (Fsp3) is 0.789. The van der Waals surface area contributed by atoms with Crippen molar-refractivity contribution in [3.8, 4) is 0 Å². The summed E-state index contributed by atoms with van der Waals surface area (Å²) in [4.78, 5) is 53.3. The zero-order valence-electron chi connectivity index (χ0n) is 14.8. The maximum absolute atomic E-state index is 12.7. The van der Waals surface area contributed by atoms with E-state index in [0.717, 1.165) is 51.4 Å². The van der Waals surface area contributed by atoms with Crippen molar-refractivity contribution < 1.29 is 19.2 Å². The van der Waals surface area contributed by atoms with E-state index in [1.165, 1.54) is 9.80 Å². The molecule has 0 radical (unpaired) electrons. The summed E-state index contributed by atoms with van der Waals surface area (Å²) in [6.45, 7) is 1.94. The van der Waals surface area contributed by atoms with Crippen LogP contribution in [-0.2, 0) is 19.2 Å². The normalized spacial score (nSPS) is 36.7. The molecule has 5 atom stereocenters. The highest BCUT2D eigenvalue weighted by molar-refractivity contribution is 6.07. The molecule has 0 aromatic rings. The number of hydrogen-bond acceptors (Lipinski definition) is 4. The van der Waals surface area contributed by atoms with E-state index in [0.29, 0.717) is 0 Å². The van der Waals surface area contributed by atoms with Gasteiger partial charge in [0.05, 0.1) is 29.7 Å². The quantitative estimate of drug-likeness (QED) is 0.729. The summed E-state index contributed by atoms with van der Waals surface area (Å²) in [5.41, 5.74) is 0. The van der Waals surface area contributed by atoms with Gasteiger partial charge in [0, 0.05) is 6.54 Å². The minimum atomic E-state index is -0.432. The number of amides is 4. The van der Waals surface area contributed by atoms with Crippen molar-refractivity contribution in [2.45, 2.75) is 64.3 Å². The summed E-state index contributed by atoms with van der Waals surface area (Å²) in [7, 11) is 0. The van der Waals surface area contributed by atoms with Crippen molar-refractivity contribution in [2.75, 3.05) is 6.54 Å². The Morgan fingerprint density at radius 1 is 0.720 bits per heavy atom. The number of nitrogens with zero attached hydrogens (tertiary/aromatic N) is 2. The molecule has 2 saturated carbocycles. The minimum Gasteiger partial charge on any atom is -0.280 e. The number of likely N-dealkylation sites (tertiary alicyclic amines) is 2. The van der Waals surface area contributed by atoms with E-state index >= 15 is 0 Å². The number of imide groups is 2. The minimum absolute atomic E-state index is 0.0984. The smallest absolute Gasteiger partial charge is 0.233 e. The van der Waals surface area contributed by atoms with Crippen LogP contribution in [-0.4, -0.2) is 46.0 Å². The molecule has 4 rings (SSSR count). The highest BCUT2D eigenvalue weighted by Crippen LogP contribution is 2.40. The lowest BCUT2D eigenvalue weighted by Crippen LogP contribution is -2.47. The lowest BCUT2D eigenvalue weighted by atomic mass is 9.81. The van der Waals surface area contributed by atoms with E-state index in [-0.39, 0.29) is 53.8 Å². The van der Waals surface area contributed by atoms with Crippen molar-refractivity contribution in [3.05, 3.63) is 0 Å². The van der Waals surface area contributed by atoms with Gasteiger partial charge in [-0.2, -0.15) is 0 Å². The largest absolute Gasteiger partial charge is 0.280 e. The Morgan fingerprint density at radius 3 is 1.48 bits per heavy atom. The second-order valence-electron chi connectivity index (χ2n) is 8.18. The summed E-state index contributed by atoms with van der Waals surface area (Å²) < 4.78 is 0. The van der Waals surface area contributed by atoms with Crippen LogP contribution in [0.2, 0.25) is 0 Å². The average molecular weight is 346 g/mol. The first kappa shape index (κ1) is 16.7. The van der Waals surface area contributed by atoms with Gasteiger partial charge in [-0.15, -0.1) is 0 Å². The number of hydrogen-bond donors (Lipinski definition) is 0.